The van der Waals surface area contributed by atoms with E-state index in [1.54, 1.807) is 14.0 Å². The molecule has 0 aliphatic heterocycles. The summed E-state index contributed by atoms with van der Waals surface area (Å²) in [6, 6.07) is -1.12. The van der Waals surface area contributed by atoms with Crippen LogP contribution in [0.3, 0.4) is 0 Å². The van der Waals surface area contributed by atoms with Gasteiger partial charge in [-0.25, -0.2) is 9.59 Å². The number of hydrogen-bond acceptors (Lipinski definition) is 3. The summed E-state index contributed by atoms with van der Waals surface area (Å²) in [5.74, 6) is -0.984. The molecule has 1 aliphatic rings. The van der Waals surface area contributed by atoms with Gasteiger partial charge in [0, 0.05) is 25.6 Å². The van der Waals surface area contributed by atoms with Crippen LogP contribution in [0.5, 0.6) is 0 Å². The van der Waals surface area contributed by atoms with Crippen LogP contribution in [0.4, 0.5) is 4.79 Å². The summed E-state index contributed by atoms with van der Waals surface area (Å²) >= 11 is 0. The lowest BCUT2D eigenvalue weighted by molar-refractivity contribution is -0.142. The fourth-order valence-corrected chi connectivity index (χ4v) is 2.54. The Labute approximate surface area is 114 Å². The molecule has 0 aromatic rings. The van der Waals surface area contributed by atoms with Crippen LogP contribution in [-0.4, -0.2) is 54.4 Å². The van der Waals surface area contributed by atoms with Crippen LogP contribution >= 0.6 is 0 Å². The van der Waals surface area contributed by atoms with Crippen LogP contribution in [0.2, 0.25) is 0 Å². The number of aliphatic carboxylic acids is 1. The normalized spacial score (nSPS) is 26.2. The van der Waals surface area contributed by atoms with Gasteiger partial charge in [-0.05, 0) is 12.8 Å². The van der Waals surface area contributed by atoms with Crippen molar-refractivity contribution in [3.05, 3.63) is 0 Å². The zero-order chi connectivity index (χ0) is 14.8. The summed E-state index contributed by atoms with van der Waals surface area (Å²) in [6.07, 6.45) is 1.27. The third-order valence-electron chi connectivity index (χ3n) is 4.22. The molecular weight excluding hydrogens is 248 g/mol. The Kier molecular flexibility index (Phi) is 4.79. The molecule has 0 heterocycles. The van der Waals surface area contributed by atoms with E-state index in [2.05, 4.69) is 5.32 Å². The maximum absolute atomic E-state index is 12.0. The number of likely N-dealkylation sites (N-methyl/N-ethyl adjacent to an activating group) is 1. The summed E-state index contributed by atoms with van der Waals surface area (Å²) in [4.78, 5) is 24.3. The second kappa shape index (κ2) is 5.77. The molecule has 0 radical (unpaired) electrons. The van der Waals surface area contributed by atoms with Crippen molar-refractivity contribution in [2.75, 3.05) is 14.2 Å². The average molecular weight is 272 g/mol. The molecule has 1 fully saturated rings. The quantitative estimate of drug-likeness (QED) is 0.790. The number of urea groups is 1. The molecule has 0 saturated heterocycles. The summed E-state index contributed by atoms with van der Waals surface area (Å²) in [6.45, 7) is 5.81. The molecule has 3 unspecified atom stereocenters. The molecule has 0 aromatic carbocycles. The van der Waals surface area contributed by atoms with E-state index in [0.29, 0.717) is 6.42 Å². The SMILES string of the molecule is CCC(C(=O)O)N(C)C(=O)NC1CC(OC)C1(C)C. The molecule has 0 aromatic heterocycles. The van der Waals surface area contributed by atoms with Gasteiger partial charge < -0.3 is 20.1 Å². The van der Waals surface area contributed by atoms with Crippen LogP contribution in [0, 0.1) is 5.41 Å². The van der Waals surface area contributed by atoms with Gasteiger partial charge in [-0.1, -0.05) is 20.8 Å². The van der Waals surface area contributed by atoms with Crippen molar-refractivity contribution in [2.45, 2.75) is 51.8 Å². The number of ether oxygens (including phenoxy) is 1. The molecule has 6 nitrogen and oxygen atoms in total. The van der Waals surface area contributed by atoms with Crippen LogP contribution in [0.1, 0.15) is 33.6 Å². The number of rotatable bonds is 5. The standard InChI is InChI=1S/C13H24N2O4/c1-6-8(11(16)17)15(4)12(18)14-9-7-10(19-5)13(9,2)3/h8-10H,6-7H2,1-5H3,(H,14,18)(H,16,17). The molecule has 19 heavy (non-hydrogen) atoms. The number of carboxylic acids is 1. The first-order valence-electron chi connectivity index (χ1n) is 6.54. The maximum Gasteiger partial charge on any atom is 0.326 e. The van der Waals surface area contributed by atoms with E-state index in [1.165, 1.54) is 11.9 Å². The Morgan fingerprint density at radius 3 is 2.47 bits per heavy atom. The van der Waals surface area contributed by atoms with E-state index in [0.717, 1.165) is 6.42 Å². The number of carboxylic acid groups (broad SMARTS) is 1. The van der Waals surface area contributed by atoms with Crippen molar-refractivity contribution in [1.82, 2.24) is 10.2 Å². The highest BCUT2D eigenvalue weighted by Crippen LogP contribution is 2.42. The topological polar surface area (TPSA) is 78.9 Å². The Morgan fingerprint density at radius 2 is 2.11 bits per heavy atom. The highest BCUT2D eigenvalue weighted by Gasteiger charge is 2.49. The predicted molar refractivity (Wildman–Crippen MR) is 71.0 cm³/mol. The molecule has 2 amide bonds. The Bertz CT molecular complexity index is 357. The van der Waals surface area contributed by atoms with Gasteiger partial charge in [0.05, 0.1) is 6.10 Å². The fraction of sp³-hybridized carbons (Fsp3) is 0.846. The smallest absolute Gasteiger partial charge is 0.326 e. The van der Waals surface area contributed by atoms with Gasteiger partial charge in [-0.15, -0.1) is 0 Å². The molecule has 1 aliphatic carbocycles. The number of nitrogens with one attached hydrogen (secondary N) is 1. The monoisotopic (exact) mass is 272 g/mol. The van der Waals surface area contributed by atoms with Gasteiger partial charge >= 0.3 is 12.0 Å². The third-order valence-corrected chi connectivity index (χ3v) is 4.22. The molecule has 110 valence electrons. The highest BCUT2D eigenvalue weighted by molar-refractivity contribution is 5.82. The Morgan fingerprint density at radius 1 is 1.53 bits per heavy atom. The lowest BCUT2D eigenvalue weighted by Gasteiger charge is -2.51. The van der Waals surface area contributed by atoms with Gasteiger partial charge in [0.15, 0.2) is 0 Å². The lowest BCUT2D eigenvalue weighted by atomic mass is 9.64. The zero-order valence-corrected chi connectivity index (χ0v) is 12.3. The van der Waals surface area contributed by atoms with Crippen molar-refractivity contribution in [2.24, 2.45) is 5.41 Å². The molecule has 1 saturated carbocycles. The van der Waals surface area contributed by atoms with Crippen molar-refractivity contribution in [3.63, 3.8) is 0 Å². The van der Waals surface area contributed by atoms with Crippen LogP contribution in [0.15, 0.2) is 0 Å². The predicted octanol–water partition coefficient (Wildman–Crippen LogP) is 1.30. The minimum atomic E-state index is -0.984. The van der Waals surface area contributed by atoms with Gasteiger partial charge in [0.1, 0.15) is 6.04 Å². The summed E-state index contributed by atoms with van der Waals surface area (Å²) in [5, 5.41) is 11.9. The highest BCUT2D eigenvalue weighted by atomic mass is 16.5. The van der Waals surface area contributed by atoms with Crippen LogP contribution < -0.4 is 5.32 Å². The number of carbonyl (C=O) groups is 2. The Hall–Kier alpha value is -1.30. The maximum atomic E-state index is 12.0. The van der Waals surface area contributed by atoms with E-state index in [4.69, 9.17) is 9.84 Å². The third kappa shape index (κ3) is 3.00. The first-order chi connectivity index (χ1) is 8.75. The number of carbonyl (C=O) groups excluding carboxylic acids is 1. The van der Waals surface area contributed by atoms with Gasteiger partial charge in [-0.2, -0.15) is 0 Å². The van der Waals surface area contributed by atoms with Crippen LogP contribution in [0.25, 0.3) is 0 Å². The molecule has 0 bridgehead atoms. The average Bonchev–Trinajstić information content (AvgIpc) is 2.33. The first-order valence-corrected chi connectivity index (χ1v) is 6.54. The Balaban J connectivity index is 2.59. The number of amides is 2. The van der Waals surface area contributed by atoms with Crippen molar-refractivity contribution in [1.29, 1.82) is 0 Å². The molecule has 0 spiro atoms. The molecular formula is C13H24N2O4. The van der Waals surface area contributed by atoms with Crippen molar-refractivity contribution >= 4 is 12.0 Å². The summed E-state index contributed by atoms with van der Waals surface area (Å²) < 4.78 is 5.32. The van der Waals surface area contributed by atoms with E-state index in [-0.39, 0.29) is 23.6 Å². The van der Waals surface area contributed by atoms with Crippen molar-refractivity contribution in [3.8, 4) is 0 Å². The first kappa shape index (κ1) is 15.8. The van der Waals surface area contributed by atoms with Crippen LogP contribution in [-0.2, 0) is 9.53 Å². The van der Waals surface area contributed by atoms with Gasteiger partial charge in [0.2, 0.25) is 0 Å². The number of hydrogen-bond donors (Lipinski definition) is 2. The van der Waals surface area contributed by atoms with E-state index in [1.807, 2.05) is 13.8 Å². The van der Waals surface area contributed by atoms with Gasteiger partial charge in [0.25, 0.3) is 0 Å². The molecule has 2 N–H and O–H groups in total. The molecule has 1 rings (SSSR count). The van der Waals surface area contributed by atoms with E-state index >= 15 is 0 Å². The largest absolute Gasteiger partial charge is 0.480 e. The van der Waals surface area contributed by atoms with Gasteiger partial charge in [-0.3, -0.25) is 0 Å². The second-order valence-electron chi connectivity index (χ2n) is 5.66. The summed E-state index contributed by atoms with van der Waals surface area (Å²) in [5.41, 5.74) is -0.129. The van der Waals surface area contributed by atoms with E-state index in [9.17, 15) is 9.59 Å². The molecule has 6 heteroatoms. The molecule has 3 atom stereocenters. The van der Waals surface area contributed by atoms with E-state index < -0.39 is 12.0 Å². The minimum absolute atomic E-state index is 0.0127. The minimum Gasteiger partial charge on any atom is -0.480 e. The number of methoxy groups -OCH3 is 1. The fourth-order valence-electron chi connectivity index (χ4n) is 2.54. The second-order valence-corrected chi connectivity index (χ2v) is 5.66. The number of nitrogens with zero attached hydrogens (tertiary/aromatic N) is 1. The van der Waals surface area contributed by atoms with Crippen molar-refractivity contribution < 1.29 is 19.4 Å². The lowest BCUT2D eigenvalue weighted by Crippen LogP contribution is -2.63. The summed E-state index contributed by atoms with van der Waals surface area (Å²) in [7, 11) is 3.17. The zero-order valence-electron chi connectivity index (χ0n) is 12.3.